The van der Waals surface area contributed by atoms with E-state index in [0.29, 0.717) is 10.6 Å². The van der Waals surface area contributed by atoms with Gasteiger partial charge in [-0.25, -0.2) is 13.8 Å². The van der Waals surface area contributed by atoms with E-state index in [1.54, 1.807) is 36.4 Å². The van der Waals surface area contributed by atoms with Gasteiger partial charge < -0.3 is 5.11 Å². The van der Waals surface area contributed by atoms with Gasteiger partial charge in [-0.3, -0.25) is 4.79 Å². The third kappa shape index (κ3) is 6.39. The highest BCUT2D eigenvalue weighted by Gasteiger charge is 2.26. The van der Waals surface area contributed by atoms with Gasteiger partial charge in [-0.05, 0) is 59.7 Å². The summed E-state index contributed by atoms with van der Waals surface area (Å²) in [7, 11) is -3.96. The van der Waals surface area contributed by atoms with Gasteiger partial charge in [0.1, 0.15) is 5.75 Å². The van der Waals surface area contributed by atoms with E-state index in [1.807, 2.05) is 6.07 Å². The maximum atomic E-state index is 13.2. The molecule has 0 spiro atoms. The molecule has 160 valence electrons. The summed E-state index contributed by atoms with van der Waals surface area (Å²) in [6.07, 6.45) is 1.40. The molecule has 0 aromatic heterocycles. The van der Waals surface area contributed by atoms with Crippen LogP contribution in [0.2, 0.25) is 5.02 Å². The molecular formula is C22H20ClN3O4S. The highest BCUT2D eigenvalue weighted by atomic mass is 35.5. The molecule has 0 fully saturated rings. The van der Waals surface area contributed by atoms with Crippen LogP contribution in [0.4, 0.5) is 0 Å². The number of phenols is 1. The number of aromatic hydroxyl groups is 1. The average molecular weight is 458 g/mol. The molecular weight excluding hydrogens is 438 g/mol. The van der Waals surface area contributed by atoms with E-state index in [1.165, 1.54) is 42.6 Å². The molecule has 0 heterocycles. The monoisotopic (exact) mass is 457 g/mol. The SMILES string of the molecule is O=C(CN(Cc1ccccc1)S(=O)(=O)c1ccc(Cl)cc1)N/N=C/c1ccc(O)cc1. The van der Waals surface area contributed by atoms with Gasteiger partial charge in [-0.15, -0.1) is 0 Å². The third-order valence-electron chi connectivity index (χ3n) is 4.27. The van der Waals surface area contributed by atoms with Gasteiger partial charge in [0.2, 0.25) is 10.0 Å². The van der Waals surface area contributed by atoms with Gasteiger partial charge in [-0.1, -0.05) is 41.9 Å². The zero-order chi connectivity index (χ0) is 22.3. The Balaban J connectivity index is 1.76. The van der Waals surface area contributed by atoms with Crippen LogP contribution in [0.3, 0.4) is 0 Å². The number of halogens is 1. The number of hydrazone groups is 1. The predicted octanol–water partition coefficient (Wildman–Crippen LogP) is 3.39. The summed E-state index contributed by atoms with van der Waals surface area (Å²) >= 11 is 5.87. The summed E-state index contributed by atoms with van der Waals surface area (Å²) in [5.41, 5.74) is 3.73. The second-order valence-corrected chi connectivity index (χ2v) is 8.97. The predicted molar refractivity (Wildman–Crippen MR) is 119 cm³/mol. The van der Waals surface area contributed by atoms with Crippen LogP contribution in [0.15, 0.2) is 88.9 Å². The fourth-order valence-electron chi connectivity index (χ4n) is 2.70. The minimum absolute atomic E-state index is 0.0148. The molecule has 0 bridgehead atoms. The van der Waals surface area contributed by atoms with Crippen LogP contribution in [0.25, 0.3) is 0 Å². The first-order chi connectivity index (χ1) is 14.8. The largest absolute Gasteiger partial charge is 0.508 e. The average Bonchev–Trinajstić information content (AvgIpc) is 2.76. The number of nitrogens with zero attached hydrogens (tertiary/aromatic N) is 2. The van der Waals surface area contributed by atoms with Crippen molar-refractivity contribution in [1.82, 2.24) is 9.73 Å². The first-order valence-electron chi connectivity index (χ1n) is 9.25. The molecule has 31 heavy (non-hydrogen) atoms. The Labute approximate surface area is 185 Å². The van der Waals surface area contributed by atoms with Gasteiger partial charge >= 0.3 is 0 Å². The summed E-state index contributed by atoms with van der Waals surface area (Å²) in [5, 5.41) is 13.6. The molecule has 0 aliphatic carbocycles. The van der Waals surface area contributed by atoms with E-state index < -0.39 is 22.5 Å². The zero-order valence-electron chi connectivity index (χ0n) is 16.3. The van der Waals surface area contributed by atoms with Crippen molar-refractivity contribution in [3.63, 3.8) is 0 Å². The van der Waals surface area contributed by atoms with Gasteiger partial charge in [0.15, 0.2) is 0 Å². The van der Waals surface area contributed by atoms with Crippen molar-refractivity contribution in [3.8, 4) is 5.75 Å². The van der Waals surface area contributed by atoms with Gasteiger partial charge in [-0.2, -0.15) is 9.41 Å². The van der Waals surface area contributed by atoms with Crippen LogP contribution in [-0.2, 0) is 21.4 Å². The number of rotatable bonds is 8. The summed E-state index contributed by atoms with van der Waals surface area (Å²) in [6, 6.07) is 21.0. The number of nitrogens with one attached hydrogen (secondary N) is 1. The van der Waals surface area contributed by atoms with Crippen molar-refractivity contribution in [2.45, 2.75) is 11.4 Å². The molecule has 3 aromatic rings. The highest BCUT2D eigenvalue weighted by molar-refractivity contribution is 7.89. The first kappa shape index (κ1) is 22.5. The summed E-state index contributed by atoms with van der Waals surface area (Å²) in [6.45, 7) is -0.409. The van der Waals surface area contributed by atoms with Crippen molar-refractivity contribution in [2.24, 2.45) is 5.10 Å². The number of amides is 1. The van der Waals surface area contributed by atoms with Gasteiger partial charge in [0.25, 0.3) is 5.91 Å². The number of carbonyl (C=O) groups is 1. The fraction of sp³-hybridized carbons (Fsp3) is 0.0909. The van der Waals surface area contributed by atoms with Crippen molar-refractivity contribution in [3.05, 3.63) is 95.0 Å². The topological polar surface area (TPSA) is 99.1 Å². The lowest BCUT2D eigenvalue weighted by atomic mass is 10.2. The number of benzene rings is 3. The van der Waals surface area contributed by atoms with Crippen molar-refractivity contribution in [1.29, 1.82) is 0 Å². The Morgan fingerprint density at radius 2 is 1.65 bits per heavy atom. The van der Waals surface area contributed by atoms with E-state index in [4.69, 9.17) is 11.6 Å². The molecule has 7 nitrogen and oxygen atoms in total. The summed E-state index contributed by atoms with van der Waals surface area (Å²) in [4.78, 5) is 12.5. The minimum Gasteiger partial charge on any atom is -0.508 e. The Morgan fingerprint density at radius 1 is 1.00 bits per heavy atom. The fourth-order valence-corrected chi connectivity index (χ4v) is 4.21. The third-order valence-corrected chi connectivity index (χ3v) is 6.33. The summed E-state index contributed by atoms with van der Waals surface area (Å²) < 4.78 is 27.4. The first-order valence-corrected chi connectivity index (χ1v) is 11.1. The lowest BCUT2D eigenvalue weighted by Gasteiger charge is -2.21. The molecule has 0 radical (unpaired) electrons. The molecule has 1 amide bonds. The van der Waals surface area contributed by atoms with Crippen LogP contribution in [-0.4, -0.2) is 36.5 Å². The Bertz CT molecular complexity index is 1150. The minimum atomic E-state index is -3.96. The number of phenolic OH excluding ortho intramolecular Hbond substituents is 1. The number of hydrogen-bond donors (Lipinski definition) is 2. The molecule has 0 atom stereocenters. The molecule has 3 rings (SSSR count). The smallest absolute Gasteiger partial charge is 0.255 e. The van der Waals surface area contributed by atoms with Crippen LogP contribution >= 0.6 is 11.6 Å². The molecule has 2 N–H and O–H groups in total. The van der Waals surface area contributed by atoms with E-state index in [9.17, 15) is 18.3 Å². The maximum Gasteiger partial charge on any atom is 0.255 e. The Morgan fingerprint density at radius 3 is 2.29 bits per heavy atom. The van der Waals surface area contributed by atoms with Crippen LogP contribution in [0, 0.1) is 0 Å². The Hall–Kier alpha value is -3.20. The normalized spacial score (nSPS) is 11.7. The standard InChI is InChI=1S/C22H20ClN3O4S/c23-19-8-12-21(13-9-19)31(29,30)26(15-18-4-2-1-3-5-18)16-22(28)25-24-14-17-6-10-20(27)11-7-17/h1-14,27H,15-16H2,(H,25,28)/b24-14+. The Kier molecular flexibility index (Phi) is 7.41. The zero-order valence-corrected chi connectivity index (χ0v) is 17.9. The van der Waals surface area contributed by atoms with Gasteiger partial charge in [0.05, 0.1) is 17.7 Å². The molecule has 0 saturated heterocycles. The van der Waals surface area contributed by atoms with Crippen molar-refractivity contribution >= 4 is 33.7 Å². The van der Waals surface area contributed by atoms with Crippen molar-refractivity contribution < 1.29 is 18.3 Å². The van der Waals surface area contributed by atoms with E-state index in [2.05, 4.69) is 10.5 Å². The molecule has 0 unspecified atom stereocenters. The number of hydrogen-bond acceptors (Lipinski definition) is 5. The van der Waals surface area contributed by atoms with Crippen molar-refractivity contribution in [2.75, 3.05) is 6.54 Å². The maximum absolute atomic E-state index is 13.2. The van der Waals surface area contributed by atoms with E-state index in [0.717, 1.165) is 9.87 Å². The molecule has 0 aliphatic rings. The van der Waals surface area contributed by atoms with Gasteiger partial charge in [0, 0.05) is 11.6 Å². The van der Waals surface area contributed by atoms with E-state index in [-0.39, 0.29) is 17.2 Å². The summed E-state index contributed by atoms with van der Waals surface area (Å²) in [5.74, 6) is -0.478. The molecule has 9 heteroatoms. The quantitative estimate of drug-likeness (QED) is 0.400. The lowest BCUT2D eigenvalue weighted by Crippen LogP contribution is -2.39. The molecule has 0 aliphatic heterocycles. The highest BCUT2D eigenvalue weighted by Crippen LogP contribution is 2.20. The molecule has 0 saturated carbocycles. The second-order valence-electron chi connectivity index (χ2n) is 6.60. The second kappa shape index (κ2) is 10.2. The van der Waals surface area contributed by atoms with Crippen LogP contribution in [0.5, 0.6) is 5.75 Å². The number of sulfonamides is 1. The van der Waals surface area contributed by atoms with Crippen LogP contribution in [0.1, 0.15) is 11.1 Å². The molecule has 3 aromatic carbocycles. The number of carbonyl (C=O) groups excluding carboxylic acids is 1. The van der Waals surface area contributed by atoms with Crippen LogP contribution < -0.4 is 5.43 Å². The lowest BCUT2D eigenvalue weighted by molar-refractivity contribution is -0.121. The van der Waals surface area contributed by atoms with E-state index >= 15 is 0 Å².